The van der Waals surface area contributed by atoms with Gasteiger partial charge in [-0.05, 0) is 70.6 Å². The second kappa shape index (κ2) is 39.3. The summed E-state index contributed by atoms with van der Waals surface area (Å²) in [6.07, 6.45) is 55.7. The number of rotatable bonds is 35. The number of hydrogen-bond acceptors (Lipinski definition) is 3. The third-order valence-corrected chi connectivity index (χ3v) is 8.66. The largest absolute Gasteiger partial charge is 0.394 e. The van der Waals surface area contributed by atoms with E-state index < -0.39 is 12.1 Å². The maximum absolute atomic E-state index is 12.3. The number of amides is 1. The van der Waals surface area contributed by atoms with E-state index in [2.05, 4.69) is 79.9 Å². The topological polar surface area (TPSA) is 69.6 Å². The fraction of sp³-hybridized carbons (Fsp3) is 0.705. The first-order chi connectivity index (χ1) is 23.7. The molecule has 1 amide bonds. The van der Waals surface area contributed by atoms with E-state index in [0.717, 1.165) is 51.4 Å². The second-order valence-electron chi connectivity index (χ2n) is 13.3. The first kappa shape index (κ1) is 45.8. The van der Waals surface area contributed by atoms with Gasteiger partial charge < -0.3 is 15.5 Å². The number of nitrogens with one attached hydrogen (secondary N) is 1. The van der Waals surface area contributed by atoms with Gasteiger partial charge in [-0.25, -0.2) is 0 Å². The maximum atomic E-state index is 12.3. The molecular formula is C44H77NO3. The minimum Gasteiger partial charge on any atom is -0.394 e. The molecule has 0 unspecified atom stereocenters. The molecule has 0 saturated heterocycles. The monoisotopic (exact) mass is 668 g/mol. The molecule has 0 rings (SSSR count). The quantitative estimate of drug-likeness (QED) is 0.0465. The lowest BCUT2D eigenvalue weighted by molar-refractivity contribution is -0.122. The van der Waals surface area contributed by atoms with Crippen molar-refractivity contribution >= 4 is 5.91 Å². The SMILES string of the molecule is CCCCCCCCC/C=C/C/C=C/C/C=C/C/C=C/CCCC(=O)N[C@@H](CO)[C@H](O)/C=C/CC/C=C/CCCCCCCCCCC. The van der Waals surface area contributed by atoms with Crippen molar-refractivity contribution in [3.63, 3.8) is 0 Å². The van der Waals surface area contributed by atoms with Gasteiger partial charge in [0, 0.05) is 6.42 Å². The summed E-state index contributed by atoms with van der Waals surface area (Å²) in [6.45, 7) is 4.25. The minimum absolute atomic E-state index is 0.131. The molecule has 0 aromatic rings. The zero-order valence-corrected chi connectivity index (χ0v) is 31.5. The normalized spacial score (nSPS) is 13.8. The van der Waals surface area contributed by atoms with Crippen molar-refractivity contribution in [3.05, 3.63) is 72.9 Å². The zero-order chi connectivity index (χ0) is 35.0. The Kier molecular flexibility index (Phi) is 37.5. The van der Waals surface area contributed by atoms with Crippen molar-refractivity contribution in [1.82, 2.24) is 5.32 Å². The van der Waals surface area contributed by atoms with E-state index in [-0.39, 0.29) is 12.5 Å². The molecule has 0 aromatic heterocycles. The molecule has 0 spiro atoms. The Morgan fingerprint density at radius 2 is 0.875 bits per heavy atom. The van der Waals surface area contributed by atoms with E-state index in [1.807, 2.05) is 6.08 Å². The van der Waals surface area contributed by atoms with Crippen molar-refractivity contribution in [2.75, 3.05) is 6.61 Å². The van der Waals surface area contributed by atoms with Gasteiger partial charge in [-0.1, -0.05) is 177 Å². The van der Waals surface area contributed by atoms with Crippen molar-refractivity contribution in [1.29, 1.82) is 0 Å². The standard InChI is InChI=1S/C44H77NO3/c1-3-5-7-9-11-13-15-17-19-20-21-22-23-24-26-28-30-32-34-36-38-40-44(48)45-42(41-46)43(47)39-37-35-33-31-29-27-25-18-16-14-12-10-8-6-4-2/h19-20,22-23,26,28-29,31-32,34,37,39,42-43,46-47H,3-18,21,24-25,27,30,33,35-36,38,40-41H2,1-2H3,(H,45,48)/b20-19+,23-22+,28-26+,31-29+,34-32+,39-37+/t42-,43+/m0/s1. The smallest absolute Gasteiger partial charge is 0.220 e. The molecule has 0 heterocycles. The van der Waals surface area contributed by atoms with Gasteiger partial charge in [-0.2, -0.15) is 0 Å². The molecule has 0 saturated carbocycles. The van der Waals surface area contributed by atoms with E-state index >= 15 is 0 Å². The van der Waals surface area contributed by atoms with Crippen LogP contribution in [0.5, 0.6) is 0 Å². The first-order valence-corrected chi connectivity index (χ1v) is 20.2. The predicted molar refractivity (Wildman–Crippen MR) is 211 cm³/mol. The lowest BCUT2D eigenvalue weighted by Gasteiger charge is -2.19. The highest BCUT2D eigenvalue weighted by atomic mass is 16.3. The number of unbranched alkanes of at least 4 members (excludes halogenated alkanes) is 18. The Morgan fingerprint density at radius 1 is 0.500 bits per heavy atom. The molecule has 0 aromatic carbocycles. The summed E-state index contributed by atoms with van der Waals surface area (Å²) in [5.41, 5.74) is 0. The minimum atomic E-state index is -0.886. The number of aliphatic hydroxyl groups is 2. The average Bonchev–Trinajstić information content (AvgIpc) is 3.09. The lowest BCUT2D eigenvalue weighted by atomic mass is 10.1. The summed E-state index contributed by atoms with van der Waals surface area (Å²) in [5.74, 6) is -0.131. The predicted octanol–water partition coefficient (Wildman–Crippen LogP) is 12.3. The van der Waals surface area contributed by atoms with Crippen molar-refractivity contribution in [3.8, 4) is 0 Å². The number of aliphatic hydroxyl groups excluding tert-OH is 2. The van der Waals surface area contributed by atoms with Gasteiger partial charge in [0.2, 0.25) is 5.91 Å². The molecule has 276 valence electrons. The van der Waals surface area contributed by atoms with Crippen LogP contribution in [0, 0.1) is 0 Å². The number of carbonyl (C=O) groups excluding carboxylic acids is 1. The van der Waals surface area contributed by atoms with E-state index in [4.69, 9.17) is 0 Å². The molecule has 48 heavy (non-hydrogen) atoms. The number of allylic oxidation sites excluding steroid dienone is 11. The summed E-state index contributed by atoms with van der Waals surface area (Å²) in [4.78, 5) is 12.3. The maximum Gasteiger partial charge on any atom is 0.220 e. The summed E-state index contributed by atoms with van der Waals surface area (Å²) in [6, 6.07) is -0.670. The third kappa shape index (κ3) is 35.1. The van der Waals surface area contributed by atoms with Crippen LogP contribution in [-0.2, 0) is 4.79 Å². The van der Waals surface area contributed by atoms with Crippen LogP contribution in [-0.4, -0.2) is 34.9 Å². The van der Waals surface area contributed by atoms with Crippen LogP contribution in [0.25, 0.3) is 0 Å². The van der Waals surface area contributed by atoms with Crippen LogP contribution in [0.1, 0.15) is 181 Å². The van der Waals surface area contributed by atoms with Crippen molar-refractivity contribution in [2.45, 2.75) is 193 Å². The molecule has 4 nitrogen and oxygen atoms in total. The average molecular weight is 668 g/mol. The van der Waals surface area contributed by atoms with Gasteiger partial charge in [0.1, 0.15) is 0 Å². The highest BCUT2D eigenvalue weighted by molar-refractivity contribution is 5.76. The first-order valence-electron chi connectivity index (χ1n) is 20.2. The van der Waals surface area contributed by atoms with Crippen LogP contribution in [0.15, 0.2) is 72.9 Å². The van der Waals surface area contributed by atoms with E-state index in [9.17, 15) is 15.0 Å². The molecular weight excluding hydrogens is 590 g/mol. The molecule has 0 aliphatic rings. The summed E-state index contributed by atoms with van der Waals surface area (Å²) in [5, 5.41) is 22.9. The van der Waals surface area contributed by atoms with Gasteiger partial charge in [-0.3, -0.25) is 4.79 Å². The van der Waals surface area contributed by atoms with Crippen molar-refractivity contribution in [2.24, 2.45) is 0 Å². The van der Waals surface area contributed by atoms with E-state index in [1.54, 1.807) is 6.08 Å². The third-order valence-electron chi connectivity index (χ3n) is 8.66. The van der Waals surface area contributed by atoms with Crippen LogP contribution >= 0.6 is 0 Å². The van der Waals surface area contributed by atoms with Crippen LogP contribution in [0.2, 0.25) is 0 Å². The Bertz CT molecular complexity index is 853. The summed E-state index contributed by atoms with van der Waals surface area (Å²) in [7, 11) is 0. The Morgan fingerprint density at radius 3 is 1.35 bits per heavy atom. The Balaban J connectivity index is 3.79. The van der Waals surface area contributed by atoms with Gasteiger partial charge in [-0.15, -0.1) is 0 Å². The van der Waals surface area contributed by atoms with Crippen LogP contribution in [0.4, 0.5) is 0 Å². The Labute approximate surface area is 298 Å². The number of carbonyl (C=O) groups is 1. The lowest BCUT2D eigenvalue weighted by Crippen LogP contribution is -2.45. The molecule has 0 bridgehead atoms. The van der Waals surface area contributed by atoms with E-state index in [0.29, 0.717) is 6.42 Å². The van der Waals surface area contributed by atoms with Crippen molar-refractivity contribution < 1.29 is 15.0 Å². The molecule has 0 radical (unpaired) electrons. The second-order valence-corrected chi connectivity index (χ2v) is 13.3. The van der Waals surface area contributed by atoms with Crippen LogP contribution < -0.4 is 5.32 Å². The molecule has 0 aliphatic heterocycles. The number of hydrogen-bond donors (Lipinski definition) is 3. The zero-order valence-electron chi connectivity index (χ0n) is 31.5. The fourth-order valence-electron chi connectivity index (χ4n) is 5.54. The Hall–Kier alpha value is -2.17. The molecule has 0 aliphatic carbocycles. The molecule has 2 atom stereocenters. The molecule has 0 fully saturated rings. The van der Waals surface area contributed by atoms with Gasteiger partial charge >= 0.3 is 0 Å². The van der Waals surface area contributed by atoms with Gasteiger partial charge in [0.05, 0.1) is 18.8 Å². The van der Waals surface area contributed by atoms with Crippen LogP contribution in [0.3, 0.4) is 0 Å². The van der Waals surface area contributed by atoms with Gasteiger partial charge in [0.15, 0.2) is 0 Å². The summed E-state index contributed by atoms with van der Waals surface area (Å²) < 4.78 is 0. The summed E-state index contributed by atoms with van der Waals surface area (Å²) >= 11 is 0. The highest BCUT2D eigenvalue weighted by Gasteiger charge is 2.17. The highest BCUT2D eigenvalue weighted by Crippen LogP contribution is 2.11. The molecule has 4 heteroatoms. The van der Waals surface area contributed by atoms with Gasteiger partial charge in [0.25, 0.3) is 0 Å². The van der Waals surface area contributed by atoms with E-state index in [1.165, 1.54) is 109 Å². The fourth-order valence-corrected chi connectivity index (χ4v) is 5.54. The molecule has 3 N–H and O–H groups in total.